The molecule has 0 spiro atoms. The van der Waals surface area contributed by atoms with Crippen molar-refractivity contribution in [3.63, 3.8) is 0 Å². The maximum absolute atomic E-state index is 5.47. The van der Waals surface area contributed by atoms with Crippen molar-refractivity contribution in [2.75, 3.05) is 26.8 Å². The SMILES string of the molecule is COCc1nc(C2CNCCO2)no1. The predicted octanol–water partition coefficient (Wildman–Crippen LogP) is -0.123. The summed E-state index contributed by atoms with van der Waals surface area (Å²) < 4.78 is 15.3. The topological polar surface area (TPSA) is 69.4 Å². The van der Waals surface area contributed by atoms with Gasteiger partial charge < -0.3 is 19.3 Å². The van der Waals surface area contributed by atoms with E-state index in [-0.39, 0.29) is 6.10 Å². The lowest BCUT2D eigenvalue weighted by Gasteiger charge is -2.20. The van der Waals surface area contributed by atoms with Crippen molar-refractivity contribution in [1.82, 2.24) is 15.5 Å². The molecule has 0 bridgehead atoms. The zero-order valence-electron chi connectivity index (χ0n) is 8.02. The van der Waals surface area contributed by atoms with Crippen LogP contribution in [0.15, 0.2) is 4.52 Å². The Kier molecular flexibility index (Phi) is 3.07. The standard InChI is InChI=1S/C8H13N3O3/c1-12-5-7-10-8(11-14-7)6-4-9-2-3-13-6/h6,9H,2-5H2,1H3. The first-order chi connectivity index (χ1) is 6.90. The Bertz CT molecular complexity index is 283. The molecule has 2 heterocycles. The molecule has 6 nitrogen and oxygen atoms in total. The van der Waals surface area contributed by atoms with Crippen molar-refractivity contribution in [3.05, 3.63) is 11.7 Å². The third-order valence-electron chi connectivity index (χ3n) is 1.97. The Labute approximate surface area is 81.6 Å². The van der Waals surface area contributed by atoms with E-state index < -0.39 is 0 Å². The van der Waals surface area contributed by atoms with Crippen LogP contribution in [0.25, 0.3) is 0 Å². The number of hydrogen-bond acceptors (Lipinski definition) is 6. The zero-order chi connectivity index (χ0) is 9.80. The van der Waals surface area contributed by atoms with Gasteiger partial charge in [0.25, 0.3) is 5.89 Å². The molecule has 1 aliphatic heterocycles. The van der Waals surface area contributed by atoms with Gasteiger partial charge in [0.2, 0.25) is 5.82 Å². The molecule has 0 saturated carbocycles. The van der Waals surface area contributed by atoms with Gasteiger partial charge >= 0.3 is 0 Å². The van der Waals surface area contributed by atoms with Gasteiger partial charge in [-0.15, -0.1) is 0 Å². The Morgan fingerprint density at radius 1 is 1.64 bits per heavy atom. The summed E-state index contributed by atoms with van der Waals surface area (Å²) in [5.41, 5.74) is 0. The fraction of sp³-hybridized carbons (Fsp3) is 0.750. The third kappa shape index (κ3) is 2.09. The number of nitrogens with zero attached hydrogens (tertiary/aromatic N) is 2. The molecule has 1 N–H and O–H groups in total. The van der Waals surface area contributed by atoms with Crippen LogP contribution >= 0.6 is 0 Å². The monoisotopic (exact) mass is 199 g/mol. The van der Waals surface area contributed by atoms with Gasteiger partial charge in [0.05, 0.1) is 6.61 Å². The van der Waals surface area contributed by atoms with E-state index in [1.54, 1.807) is 7.11 Å². The predicted molar refractivity (Wildman–Crippen MR) is 46.6 cm³/mol. The number of aromatic nitrogens is 2. The van der Waals surface area contributed by atoms with E-state index in [2.05, 4.69) is 15.5 Å². The van der Waals surface area contributed by atoms with Gasteiger partial charge in [0.15, 0.2) is 0 Å². The summed E-state index contributed by atoms with van der Waals surface area (Å²) in [6.07, 6.45) is -0.0990. The second kappa shape index (κ2) is 4.50. The number of nitrogens with one attached hydrogen (secondary N) is 1. The summed E-state index contributed by atoms with van der Waals surface area (Å²) in [5.74, 6) is 1.07. The Morgan fingerprint density at radius 3 is 3.29 bits per heavy atom. The second-order valence-electron chi connectivity index (χ2n) is 3.04. The maximum Gasteiger partial charge on any atom is 0.252 e. The largest absolute Gasteiger partial charge is 0.375 e. The van der Waals surface area contributed by atoms with Crippen LogP contribution in [0.5, 0.6) is 0 Å². The van der Waals surface area contributed by atoms with E-state index in [1.165, 1.54) is 0 Å². The number of ether oxygens (including phenoxy) is 2. The van der Waals surface area contributed by atoms with Crippen molar-refractivity contribution in [1.29, 1.82) is 0 Å². The second-order valence-corrected chi connectivity index (χ2v) is 3.04. The van der Waals surface area contributed by atoms with Crippen LogP contribution in [-0.2, 0) is 16.1 Å². The Balaban J connectivity index is 2.00. The molecule has 0 aromatic carbocycles. The van der Waals surface area contributed by atoms with E-state index in [1.807, 2.05) is 0 Å². The van der Waals surface area contributed by atoms with E-state index in [0.29, 0.717) is 24.9 Å². The van der Waals surface area contributed by atoms with Crippen LogP contribution in [0.4, 0.5) is 0 Å². The lowest BCUT2D eigenvalue weighted by Crippen LogP contribution is -2.33. The molecule has 0 aliphatic carbocycles. The molecule has 1 atom stereocenters. The lowest BCUT2D eigenvalue weighted by atomic mass is 10.3. The van der Waals surface area contributed by atoms with Crippen LogP contribution in [0.2, 0.25) is 0 Å². The van der Waals surface area contributed by atoms with Gasteiger partial charge in [0.1, 0.15) is 12.7 Å². The quantitative estimate of drug-likeness (QED) is 0.731. The molecule has 1 aromatic heterocycles. The third-order valence-corrected chi connectivity index (χ3v) is 1.97. The van der Waals surface area contributed by atoms with Crippen LogP contribution < -0.4 is 5.32 Å². The average molecular weight is 199 g/mol. The molecule has 0 amide bonds. The summed E-state index contributed by atoms with van der Waals surface area (Å²) in [7, 11) is 1.59. The number of rotatable bonds is 3. The van der Waals surface area contributed by atoms with Crippen molar-refractivity contribution < 1.29 is 14.0 Å². The van der Waals surface area contributed by atoms with Crippen molar-refractivity contribution in [2.45, 2.75) is 12.7 Å². The minimum atomic E-state index is -0.0990. The van der Waals surface area contributed by atoms with E-state index in [9.17, 15) is 0 Å². The highest BCUT2D eigenvalue weighted by Crippen LogP contribution is 2.15. The molecule has 0 radical (unpaired) electrons. The normalized spacial score (nSPS) is 22.5. The van der Waals surface area contributed by atoms with Gasteiger partial charge in [-0.1, -0.05) is 5.16 Å². The first-order valence-corrected chi connectivity index (χ1v) is 4.54. The first-order valence-electron chi connectivity index (χ1n) is 4.54. The summed E-state index contributed by atoms with van der Waals surface area (Å²) in [4.78, 5) is 4.16. The minimum Gasteiger partial charge on any atom is -0.375 e. The molecular weight excluding hydrogens is 186 g/mol. The number of morpholine rings is 1. The molecule has 1 unspecified atom stereocenters. The minimum absolute atomic E-state index is 0.0990. The molecule has 1 saturated heterocycles. The van der Waals surface area contributed by atoms with Crippen LogP contribution in [0, 0.1) is 0 Å². The van der Waals surface area contributed by atoms with Crippen LogP contribution in [0.1, 0.15) is 17.8 Å². The lowest BCUT2D eigenvalue weighted by molar-refractivity contribution is 0.0208. The fourth-order valence-corrected chi connectivity index (χ4v) is 1.31. The summed E-state index contributed by atoms with van der Waals surface area (Å²) >= 11 is 0. The van der Waals surface area contributed by atoms with E-state index in [4.69, 9.17) is 14.0 Å². The van der Waals surface area contributed by atoms with Gasteiger partial charge in [-0.05, 0) is 0 Å². The molecule has 1 fully saturated rings. The summed E-state index contributed by atoms with van der Waals surface area (Å²) in [5, 5.41) is 7.02. The maximum atomic E-state index is 5.47. The molecule has 78 valence electrons. The van der Waals surface area contributed by atoms with Gasteiger partial charge in [-0.3, -0.25) is 0 Å². The van der Waals surface area contributed by atoms with E-state index in [0.717, 1.165) is 13.1 Å². The van der Waals surface area contributed by atoms with Crippen molar-refractivity contribution in [2.24, 2.45) is 0 Å². The Hall–Kier alpha value is -0.980. The van der Waals surface area contributed by atoms with Crippen molar-refractivity contribution in [3.8, 4) is 0 Å². The van der Waals surface area contributed by atoms with E-state index >= 15 is 0 Å². The summed E-state index contributed by atoms with van der Waals surface area (Å²) in [6.45, 7) is 2.62. The molecule has 2 rings (SSSR count). The highest BCUT2D eigenvalue weighted by molar-refractivity contribution is 4.92. The first kappa shape index (κ1) is 9.57. The summed E-state index contributed by atoms with van der Waals surface area (Å²) in [6, 6.07) is 0. The molecule has 1 aromatic rings. The Morgan fingerprint density at radius 2 is 2.57 bits per heavy atom. The highest BCUT2D eigenvalue weighted by atomic mass is 16.5. The van der Waals surface area contributed by atoms with Crippen LogP contribution in [0.3, 0.4) is 0 Å². The molecule has 14 heavy (non-hydrogen) atoms. The zero-order valence-corrected chi connectivity index (χ0v) is 8.02. The van der Waals surface area contributed by atoms with Gasteiger partial charge in [-0.25, -0.2) is 0 Å². The molecule has 6 heteroatoms. The number of hydrogen-bond donors (Lipinski definition) is 1. The average Bonchev–Trinajstić information content (AvgIpc) is 2.68. The number of methoxy groups -OCH3 is 1. The van der Waals surface area contributed by atoms with Gasteiger partial charge in [0, 0.05) is 20.2 Å². The van der Waals surface area contributed by atoms with Crippen LogP contribution in [-0.4, -0.2) is 36.9 Å². The van der Waals surface area contributed by atoms with Crippen molar-refractivity contribution >= 4 is 0 Å². The fourth-order valence-electron chi connectivity index (χ4n) is 1.31. The smallest absolute Gasteiger partial charge is 0.252 e. The molecular formula is C8H13N3O3. The highest BCUT2D eigenvalue weighted by Gasteiger charge is 2.21. The molecule has 1 aliphatic rings. The van der Waals surface area contributed by atoms with Gasteiger partial charge in [-0.2, -0.15) is 4.98 Å².